The van der Waals surface area contributed by atoms with E-state index in [2.05, 4.69) is 5.32 Å². The van der Waals surface area contributed by atoms with Crippen LogP contribution in [0.15, 0.2) is 0 Å². The highest BCUT2D eigenvalue weighted by atomic mass is 32.2. The Labute approximate surface area is 111 Å². The summed E-state index contributed by atoms with van der Waals surface area (Å²) >= 11 is 0. The van der Waals surface area contributed by atoms with Crippen LogP contribution in [0, 0.1) is 0 Å². The number of rotatable bonds is 5. The van der Waals surface area contributed by atoms with Crippen molar-refractivity contribution < 1.29 is 13.2 Å². The number of sulfonamides is 1. The zero-order valence-electron chi connectivity index (χ0n) is 12.1. The van der Waals surface area contributed by atoms with E-state index < -0.39 is 20.8 Å². The van der Waals surface area contributed by atoms with E-state index in [0.29, 0.717) is 32.3 Å². The molecule has 6 heteroatoms. The first-order chi connectivity index (χ1) is 8.18. The van der Waals surface area contributed by atoms with Crippen LogP contribution in [0.4, 0.5) is 0 Å². The summed E-state index contributed by atoms with van der Waals surface area (Å²) in [7, 11) is -3.27. The molecule has 1 atom stereocenters. The highest BCUT2D eigenvalue weighted by molar-refractivity contribution is 7.89. The van der Waals surface area contributed by atoms with Crippen molar-refractivity contribution in [1.82, 2.24) is 9.62 Å². The maximum atomic E-state index is 12.5. The zero-order chi connectivity index (χ0) is 14.0. The fourth-order valence-corrected chi connectivity index (χ4v) is 3.85. The molecular formula is C12H26N2O3S. The number of nitrogens with one attached hydrogen (secondary N) is 1. The number of hydrogen-bond acceptors (Lipinski definition) is 4. The molecule has 0 amide bonds. The van der Waals surface area contributed by atoms with Crippen LogP contribution in [0.2, 0.25) is 0 Å². The van der Waals surface area contributed by atoms with Crippen molar-refractivity contribution in [2.45, 2.75) is 51.4 Å². The summed E-state index contributed by atoms with van der Waals surface area (Å²) in [5.41, 5.74) is -0.455. The topological polar surface area (TPSA) is 58.6 Å². The van der Waals surface area contributed by atoms with Gasteiger partial charge in [-0.25, -0.2) is 8.42 Å². The fraction of sp³-hybridized carbons (Fsp3) is 1.00. The van der Waals surface area contributed by atoms with Crippen LogP contribution < -0.4 is 5.32 Å². The van der Waals surface area contributed by atoms with Crippen molar-refractivity contribution >= 4 is 10.0 Å². The Morgan fingerprint density at radius 2 is 1.94 bits per heavy atom. The Morgan fingerprint density at radius 3 is 2.44 bits per heavy atom. The molecule has 108 valence electrons. The van der Waals surface area contributed by atoms with Crippen molar-refractivity contribution in [3.05, 3.63) is 0 Å². The number of morpholine rings is 1. The second-order valence-corrected chi connectivity index (χ2v) is 8.13. The normalized spacial score (nSPS) is 23.2. The summed E-state index contributed by atoms with van der Waals surface area (Å²) in [4.78, 5) is 0. The lowest BCUT2D eigenvalue weighted by atomic mass is 10.1. The summed E-state index contributed by atoms with van der Waals surface area (Å²) in [5, 5.41) is 2.76. The molecule has 0 radical (unpaired) electrons. The summed E-state index contributed by atoms with van der Waals surface area (Å²) < 4.78 is 32.0. The minimum Gasteiger partial charge on any atom is -0.378 e. The predicted octanol–water partition coefficient (Wildman–Crippen LogP) is 0.814. The van der Waals surface area contributed by atoms with Gasteiger partial charge < -0.3 is 10.1 Å². The number of ether oxygens (including phenoxy) is 1. The van der Waals surface area contributed by atoms with E-state index in [1.807, 2.05) is 27.7 Å². The third-order valence-corrected chi connectivity index (χ3v) is 5.67. The Morgan fingerprint density at radius 1 is 1.33 bits per heavy atom. The lowest BCUT2D eigenvalue weighted by Gasteiger charge is -2.42. The Balaban J connectivity index is 2.78. The largest absolute Gasteiger partial charge is 0.378 e. The fourth-order valence-electron chi connectivity index (χ4n) is 2.04. The second-order valence-electron chi connectivity index (χ2n) is 5.86. The Kier molecular flexibility index (Phi) is 5.17. The lowest BCUT2D eigenvalue weighted by Crippen LogP contribution is -2.58. The van der Waals surface area contributed by atoms with Crippen molar-refractivity contribution in [2.24, 2.45) is 0 Å². The van der Waals surface area contributed by atoms with Crippen LogP contribution in [-0.2, 0) is 14.8 Å². The average molecular weight is 278 g/mol. The van der Waals surface area contributed by atoms with Gasteiger partial charge in [-0.2, -0.15) is 4.31 Å². The van der Waals surface area contributed by atoms with Crippen molar-refractivity contribution in [3.63, 3.8) is 0 Å². The molecule has 1 saturated heterocycles. The van der Waals surface area contributed by atoms with Gasteiger partial charge in [0.15, 0.2) is 0 Å². The summed E-state index contributed by atoms with van der Waals surface area (Å²) in [6.45, 7) is 11.5. The van der Waals surface area contributed by atoms with Gasteiger partial charge in [0.05, 0.1) is 24.0 Å². The minimum absolute atomic E-state index is 0.292. The van der Waals surface area contributed by atoms with Crippen molar-refractivity contribution in [3.8, 4) is 0 Å². The van der Waals surface area contributed by atoms with Crippen LogP contribution in [0.5, 0.6) is 0 Å². The van der Waals surface area contributed by atoms with Gasteiger partial charge in [0.1, 0.15) is 0 Å². The van der Waals surface area contributed by atoms with E-state index in [0.717, 1.165) is 0 Å². The highest BCUT2D eigenvalue weighted by Crippen LogP contribution is 2.24. The van der Waals surface area contributed by atoms with E-state index in [9.17, 15) is 8.42 Å². The van der Waals surface area contributed by atoms with Crippen LogP contribution in [-0.4, -0.2) is 55.9 Å². The zero-order valence-corrected chi connectivity index (χ0v) is 12.9. The molecular weight excluding hydrogens is 252 g/mol. The molecule has 18 heavy (non-hydrogen) atoms. The van der Waals surface area contributed by atoms with E-state index in [-0.39, 0.29) is 0 Å². The van der Waals surface area contributed by atoms with Crippen molar-refractivity contribution in [2.75, 3.05) is 26.3 Å². The molecule has 5 nitrogen and oxygen atoms in total. The third kappa shape index (κ3) is 3.66. The SMILES string of the molecule is CC(C)NCC(C)S(=O)(=O)N1CCOCC1(C)C. The summed E-state index contributed by atoms with van der Waals surface area (Å²) in [6, 6.07) is 0.292. The molecule has 1 rings (SSSR count). The number of hydrogen-bond donors (Lipinski definition) is 1. The first-order valence-electron chi connectivity index (χ1n) is 6.50. The summed E-state index contributed by atoms with van der Waals surface area (Å²) in [6.07, 6.45) is 0. The van der Waals surface area contributed by atoms with Crippen LogP contribution in [0.1, 0.15) is 34.6 Å². The van der Waals surface area contributed by atoms with Gasteiger partial charge in [-0.1, -0.05) is 13.8 Å². The molecule has 0 bridgehead atoms. The lowest BCUT2D eigenvalue weighted by molar-refractivity contribution is -0.00810. The van der Waals surface area contributed by atoms with Gasteiger partial charge in [-0.15, -0.1) is 0 Å². The molecule has 1 N–H and O–H groups in total. The van der Waals surface area contributed by atoms with Crippen LogP contribution in [0.25, 0.3) is 0 Å². The molecule has 1 aliphatic rings. The average Bonchev–Trinajstić information content (AvgIpc) is 2.24. The van der Waals surface area contributed by atoms with E-state index >= 15 is 0 Å². The number of nitrogens with zero attached hydrogens (tertiary/aromatic N) is 1. The second kappa shape index (κ2) is 5.86. The molecule has 1 aliphatic heterocycles. The molecule has 0 aliphatic carbocycles. The Hall–Kier alpha value is -0.170. The molecule has 0 aromatic rings. The minimum atomic E-state index is -3.27. The smallest absolute Gasteiger partial charge is 0.218 e. The van der Waals surface area contributed by atoms with E-state index in [1.165, 1.54) is 0 Å². The monoisotopic (exact) mass is 278 g/mol. The quantitative estimate of drug-likeness (QED) is 0.808. The molecule has 0 spiro atoms. The molecule has 1 unspecified atom stereocenters. The molecule has 1 heterocycles. The highest BCUT2D eigenvalue weighted by Gasteiger charge is 2.41. The Bertz CT molecular complexity index is 366. The predicted molar refractivity (Wildman–Crippen MR) is 73.1 cm³/mol. The molecule has 0 aromatic carbocycles. The van der Waals surface area contributed by atoms with Gasteiger partial charge in [0.25, 0.3) is 0 Å². The molecule has 1 fully saturated rings. The van der Waals surface area contributed by atoms with Crippen LogP contribution >= 0.6 is 0 Å². The maximum Gasteiger partial charge on any atom is 0.218 e. The molecule has 0 saturated carbocycles. The standard InChI is InChI=1S/C12H26N2O3S/c1-10(2)13-8-11(3)18(15,16)14-6-7-17-9-12(14,4)5/h10-11,13H,6-9H2,1-5H3. The van der Waals surface area contributed by atoms with Gasteiger partial charge >= 0.3 is 0 Å². The first kappa shape index (κ1) is 15.9. The van der Waals surface area contributed by atoms with Gasteiger partial charge in [-0.05, 0) is 20.8 Å². The van der Waals surface area contributed by atoms with E-state index in [4.69, 9.17) is 4.74 Å². The van der Waals surface area contributed by atoms with Gasteiger partial charge in [0.2, 0.25) is 10.0 Å². The van der Waals surface area contributed by atoms with Gasteiger partial charge in [-0.3, -0.25) is 0 Å². The first-order valence-corrected chi connectivity index (χ1v) is 8.01. The van der Waals surface area contributed by atoms with Crippen molar-refractivity contribution in [1.29, 1.82) is 0 Å². The maximum absolute atomic E-state index is 12.5. The summed E-state index contributed by atoms with van der Waals surface area (Å²) in [5.74, 6) is 0. The third-order valence-electron chi connectivity index (χ3n) is 3.20. The van der Waals surface area contributed by atoms with E-state index in [1.54, 1.807) is 11.2 Å². The van der Waals surface area contributed by atoms with Gasteiger partial charge in [0, 0.05) is 19.1 Å². The van der Waals surface area contributed by atoms with Crippen LogP contribution in [0.3, 0.4) is 0 Å². The molecule has 0 aromatic heterocycles.